The molecule has 0 radical (unpaired) electrons. The van der Waals surface area contributed by atoms with Gasteiger partial charge in [0.25, 0.3) is 0 Å². The van der Waals surface area contributed by atoms with Crippen molar-refractivity contribution >= 4 is 0 Å². The van der Waals surface area contributed by atoms with Gasteiger partial charge in [-0.3, -0.25) is 0 Å². The van der Waals surface area contributed by atoms with Gasteiger partial charge in [-0.1, -0.05) is 0 Å². The van der Waals surface area contributed by atoms with Crippen molar-refractivity contribution in [1.82, 2.24) is 5.32 Å². The Balaban J connectivity index is 2.01. The summed E-state index contributed by atoms with van der Waals surface area (Å²) in [4.78, 5) is 0. The lowest BCUT2D eigenvalue weighted by Crippen LogP contribution is -2.45. The third-order valence-electron chi connectivity index (χ3n) is 3.99. The van der Waals surface area contributed by atoms with Crippen LogP contribution < -0.4 is 5.32 Å². The molecular formula is C13H13F4N. The van der Waals surface area contributed by atoms with Crippen LogP contribution in [0.3, 0.4) is 0 Å². The van der Waals surface area contributed by atoms with Gasteiger partial charge in [-0.25, -0.2) is 17.6 Å². The molecule has 2 atom stereocenters. The van der Waals surface area contributed by atoms with Gasteiger partial charge in [0.2, 0.25) is 0 Å². The van der Waals surface area contributed by atoms with Gasteiger partial charge in [-0.05, 0) is 25.0 Å². The lowest BCUT2D eigenvalue weighted by atomic mass is 9.83. The molecular weight excluding hydrogens is 246 g/mol. The molecule has 1 nitrogen and oxygen atoms in total. The lowest BCUT2D eigenvalue weighted by Gasteiger charge is -2.35. The predicted octanol–water partition coefficient (Wildman–Crippen LogP) is 3.18. The van der Waals surface area contributed by atoms with E-state index in [1.165, 1.54) is 0 Å². The van der Waals surface area contributed by atoms with Crippen LogP contribution >= 0.6 is 0 Å². The van der Waals surface area contributed by atoms with Crippen LogP contribution in [0.5, 0.6) is 0 Å². The minimum atomic E-state index is -1.89. The maximum absolute atomic E-state index is 14.8. The molecule has 2 heterocycles. The van der Waals surface area contributed by atoms with Crippen LogP contribution in [-0.4, -0.2) is 12.1 Å². The third kappa shape index (κ3) is 1.72. The highest BCUT2D eigenvalue weighted by molar-refractivity contribution is 5.28. The van der Waals surface area contributed by atoms with Gasteiger partial charge in [0, 0.05) is 30.5 Å². The smallest absolute Gasteiger partial charge is 0.194 e. The number of rotatable bonds is 1. The number of piperidine rings is 1. The highest BCUT2D eigenvalue weighted by Gasteiger charge is 2.46. The van der Waals surface area contributed by atoms with Crippen molar-refractivity contribution in [2.45, 2.75) is 43.4 Å². The average molecular weight is 259 g/mol. The minimum Gasteiger partial charge on any atom is -0.311 e. The molecule has 98 valence electrons. The second-order valence-electron chi connectivity index (χ2n) is 5.23. The first-order valence-electron chi connectivity index (χ1n) is 6.08. The standard InChI is InChI=1S/C13H13F4N/c14-10-4-3-9(11(15)12(10)16)13(17)5-7-1-2-8(6-13)18-7/h3-4,7-8,18H,1-2,5-6H2. The number of benzene rings is 1. The summed E-state index contributed by atoms with van der Waals surface area (Å²) in [5, 5.41) is 3.23. The first-order valence-corrected chi connectivity index (χ1v) is 6.08. The molecule has 18 heavy (non-hydrogen) atoms. The van der Waals surface area contributed by atoms with Gasteiger partial charge >= 0.3 is 0 Å². The molecule has 1 N–H and O–H groups in total. The maximum Gasteiger partial charge on any atom is 0.194 e. The molecule has 1 aromatic carbocycles. The van der Waals surface area contributed by atoms with E-state index in [9.17, 15) is 17.6 Å². The highest BCUT2D eigenvalue weighted by atomic mass is 19.2. The molecule has 0 spiro atoms. The van der Waals surface area contributed by atoms with Crippen LogP contribution in [0.4, 0.5) is 17.6 Å². The Morgan fingerprint density at radius 1 is 1.00 bits per heavy atom. The molecule has 2 fully saturated rings. The van der Waals surface area contributed by atoms with E-state index < -0.39 is 23.1 Å². The van der Waals surface area contributed by atoms with E-state index in [0.29, 0.717) is 0 Å². The summed E-state index contributed by atoms with van der Waals surface area (Å²) in [5.74, 6) is -4.26. The summed E-state index contributed by atoms with van der Waals surface area (Å²) in [5.41, 5.74) is -2.24. The molecule has 2 aliphatic heterocycles. The van der Waals surface area contributed by atoms with Crippen molar-refractivity contribution in [2.24, 2.45) is 0 Å². The second kappa shape index (κ2) is 3.95. The fraction of sp³-hybridized carbons (Fsp3) is 0.538. The van der Waals surface area contributed by atoms with Gasteiger partial charge in [0.15, 0.2) is 17.5 Å². The Labute approximate surface area is 102 Å². The second-order valence-corrected chi connectivity index (χ2v) is 5.23. The quantitative estimate of drug-likeness (QED) is 0.603. The predicted molar refractivity (Wildman–Crippen MR) is 58.3 cm³/mol. The van der Waals surface area contributed by atoms with E-state index in [2.05, 4.69) is 5.32 Å². The van der Waals surface area contributed by atoms with Crippen LogP contribution in [0.2, 0.25) is 0 Å². The number of fused-ring (bicyclic) bond motifs is 2. The topological polar surface area (TPSA) is 12.0 Å². The molecule has 0 amide bonds. The molecule has 0 aliphatic carbocycles. The van der Waals surface area contributed by atoms with Crippen LogP contribution in [0.25, 0.3) is 0 Å². The number of alkyl halides is 1. The van der Waals surface area contributed by atoms with Crippen molar-refractivity contribution in [1.29, 1.82) is 0 Å². The highest BCUT2D eigenvalue weighted by Crippen LogP contribution is 2.44. The van der Waals surface area contributed by atoms with Crippen molar-refractivity contribution < 1.29 is 17.6 Å². The van der Waals surface area contributed by atoms with E-state index in [1.54, 1.807) is 0 Å². The molecule has 5 heteroatoms. The summed E-state index contributed by atoms with van der Waals surface area (Å²) >= 11 is 0. The van der Waals surface area contributed by atoms with Crippen LogP contribution in [0.1, 0.15) is 31.2 Å². The average Bonchev–Trinajstić information content (AvgIpc) is 2.66. The molecule has 2 bridgehead atoms. The SMILES string of the molecule is Fc1ccc(C2(F)CC3CCC(C2)N3)c(F)c1F. The largest absolute Gasteiger partial charge is 0.311 e. The fourth-order valence-electron chi connectivity index (χ4n) is 3.18. The van der Waals surface area contributed by atoms with Gasteiger partial charge in [0.1, 0.15) is 5.67 Å². The monoisotopic (exact) mass is 259 g/mol. The molecule has 2 saturated heterocycles. The normalized spacial score (nSPS) is 34.9. The van der Waals surface area contributed by atoms with Gasteiger partial charge in [0.05, 0.1) is 0 Å². The first kappa shape index (κ1) is 12.0. The molecule has 0 aromatic heterocycles. The Bertz CT molecular complexity index is 476. The Kier molecular flexibility index (Phi) is 2.62. The Hall–Kier alpha value is -1.10. The first-order chi connectivity index (χ1) is 8.49. The van der Waals surface area contributed by atoms with Crippen LogP contribution in [-0.2, 0) is 5.67 Å². The Morgan fingerprint density at radius 2 is 1.61 bits per heavy atom. The maximum atomic E-state index is 14.8. The number of hydrogen-bond acceptors (Lipinski definition) is 1. The summed E-state index contributed by atoms with van der Waals surface area (Å²) < 4.78 is 54.6. The molecule has 2 aliphatic rings. The van der Waals surface area contributed by atoms with Crippen LogP contribution in [0, 0.1) is 17.5 Å². The van der Waals surface area contributed by atoms with Crippen molar-refractivity contribution in [2.75, 3.05) is 0 Å². The van der Waals surface area contributed by atoms with E-state index >= 15 is 0 Å². The minimum absolute atomic E-state index is 0.00117. The zero-order chi connectivity index (χ0) is 12.9. The van der Waals surface area contributed by atoms with E-state index in [0.717, 1.165) is 25.0 Å². The molecule has 2 unspecified atom stereocenters. The molecule has 0 saturated carbocycles. The number of halogens is 4. The zero-order valence-electron chi connectivity index (χ0n) is 9.65. The van der Waals surface area contributed by atoms with Crippen molar-refractivity contribution in [3.05, 3.63) is 35.1 Å². The number of hydrogen-bond donors (Lipinski definition) is 1. The fourth-order valence-corrected chi connectivity index (χ4v) is 3.18. The third-order valence-corrected chi connectivity index (χ3v) is 3.99. The van der Waals surface area contributed by atoms with Gasteiger partial charge < -0.3 is 5.32 Å². The van der Waals surface area contributed by atoms with E-state index in [1.807, 2.05) is 0 Å². The Morgan fingerprint density at radius 3 is 2.22 bits per heavy atom. The van der Waals surface area contributed by atoms with Gasteiger partial charge in [-0.15, -0.1) is 0 Å². The summed E-state index contributed by atoms with van der Waals surface area (Å²) in [7, 11) is 0. The van der Waals surface area contributed by atoms with E-state index in [4.69, 9.17) is 0 Å². The number of nitrogens with one attached hydrogen (secondary N) is 1. The summed E-state index contributed by atoms with van der Waals surface area (Å²) in [6.45, 7) is 0. The lowest BCUT2D eigenvalue weighted by molar-refractivity contribution is 0.0821. The van der Waals surface area contributed by atoms with Gasteiger partial charge in [-0.2, -0.15) is 0 Å². The zero-order valence-corrected chi connectivity index (χ0v) is 9.65. The molecule has 1 aromatic rings. The van der Waals surface area contributed by atoms with Crippen molar-refractivity contribution in [3.63, 3.8) is 0 Å². The molecule has 3 rings (SSSR count). The summed E-state index contributed by atoms with van der Waals surface area (Å²) in [6.07, 6.45) is 1.93. The van der Waals surface area contributed by atoms with Crippen molar-refractivity contribution in [3.8, 4) is 0 Å². The van der Waals surface area contributed by atoms with E-state index in [-0.39, 0.29) is 30.5 Å². The van der Waals surface area contributed by atoms with Crippen LogP contribution in [0.15, 0.2) is 12.1 Å². The summed E-state index contributed by atoms with van der Waals surface area (Å²) in [6, 6.07) is 1.82.